The summed E-state index contributed by atoms with van der Waals surface area (Å²) in [5, 5.41) is 6.23. The van der Waals surface area contributed by atoms with Crippen molar-refractivity contribution >= 4 is 5.91 Å². The summed E-state index contributed by atoms with van der Waals surface area (Å²) in [6.07, 6.45) is 3.99. The highest BCUT2D eigenvalue weighted by Crippen LogP contribution is 2.10. The minimum Gasteiger partial charge on any atom is -0.382 e. The third kappa shape index (κ3) is 7.31. The van der Waals surface area contributed by atoms with Crippen molar-refractivity contribution in [1.82, 2.24) is 10.6 Å². The molecule has 0 radical (unpaired) electrons. The third-order valence-corrected chi connectivity index (χ3v) is 2.88. The van der Waals surface area contributed by atoms with E-state index in [1.165, 1.54) is 12.8 Å². The van der Waals surface area contributed by atoms with Crippen LogP contribution in [0.2, 0.25) is 0 Å². The van der Waals surface area contributed by atoms with Gasteiger partial charge in [0.05, 0.1) is 19.8 Å². The van der Waals surface area contributed by atoms with E-state index in [2.05, 4.69) is 10.6 Å². The SMILES string of the molecule is COCCOCCNC(=O)CCC1CCCN1. The van der Waals surface area contributed by atoms with Gasteiger partial charge >= 0.3 is 0 Å². The topological polar surface area (TPSA) is 59.6 Å². The minimum absolute atomic E-state index is 0.119. The summed E-state index contributed by atoms with van der Waals surface area (Å²) in [5.41, 5.74) is 0. The van der Waals surface area contributed by atoms with Crippen LogP contribution in [0.5, 0.6) is 0 Å². The lowest BCUT2D eigenvalue weighted by molar-refractivity contribution is -0.121. The van der Waals surface area contributed by atoms with Crippen molar-refractivity contribution in [3.8, 4) is 0 Å². The Morgan fingerprint density at radius 2 is 2.29 bits per heavy atom. The van der Waals surface area contributed by atoms with Gasteiger partial charge in [-0.2, -0.15) is 0 Å². The summed E-state index contributed by atoms with van der Waals surface area (Å²) < 4.78 is 10.1. The lowest BCUT2D eigenvalue weighted by Gasteiger charge is -2.10. The molecule has 0 spiro atoms. The van der Waals surface area contributed by atoms with Crippen molar-refractivity contribution in [1.29, 1.82) is 0 Å². The van der Waals surface area contributed by atoms with Crippen LogP contribution in [-0.2, 0) is 14.3 Å². The quantitative estimate of drug-likeness (QED) is 0.573. The fourth-order valence-corrected chi connectivity index (χ4v) is 1.90. The normalized spacial score (nSPS) is 19.5. The molecule has 1 atom stereocenters. The Labute approximate surface area is 103 Å². The van der Waals surface area contributed by atoms with Crippen LogP contribution < -0.4 is 10.6 Å². The van der Waals surface area contributed by atoms with E-state index in [0.29, 0.717) is 38.8 Å². The van der Waals surface area contributed by atoms with Crippen LogP contribution in [0.3, 0.4) is 0 Å². The second-order valence-electron chi connectivity index (χ2n) is 4.29. The van der Waals surface area contributed by atoms with Gasteiger partial charge in [0.15, 0.2) is 0 Å². The average molecular weight is 244 g/mol. The molecule has 0 bridgehead atoms. The number of carbonyl (C=O) groups is 1. The molecule has 100 valence electrons. The van der Waals surface area contributed by atoms with E-state index in [0.717, 1.165) is 13.0 Å². The Bertz CT molecular complexity index is 206. The van der Waals surface area contributed by atoms with Crippen LogP contribution in [0.15, 0.2) is 0 Å². The van der Waals surface area contributed by atoms with Gasteiger partial charge in [0.25, 0.3) is 0 Å². The van der Waals surface area contributed by atoms with Crippen molar-refractivity contribution in [3.05, 3.63) is 0 Å². The van der Waals surface area contributed by atoms with Gasteiger partial charge in [0.2, 0.25) is 5.91 Å². The second kappa shape index (κ2) is 9.39. The van der Waals surface area contributed by atoms with Crippen molar-refractivity contribution in [2.24, 2.45) is 0 Å². The molecular weight excluding hydrogens is 220 g/mol. The van der Waals surface area contributed by atoms with Crippen molar-refractivity contribution in [3.63, 3.8) is 0 Å². The molecule has 1 unspecified atom stereocenters. The van der Waals surface area contributed by atoms with Gasteiger partial charge in [-0.05, 0) is 25.8 Å². The molecule has 2 N–H and O–H groups in total. The van der Waals surface area contributed by atoms with E-state index in [1.807, 2.05) is 0 Å². The van der Waals surface area contributed by atoms with E-state index < -0.39 is 0 Å². The zero-order chi connectivity index (χ0) is 12.3. The largest absolute Gasteiger partial charge is 0.382 e. The van der Waals surface area contributed by atoms with E-state index in [1.54, 1.807) is 7.11 Å². The van der Waals surface area contributed by atoms with Gasteiger partial charge in [-0.1, -0.05) is 0 Å². The summed E-state index contributed by atoms with van der Waals surface area (Å²) in [6, 6.07) is 0.540. The Balaban J connectivity index is 1.87. The predicted molar refractivity (Wildman–Crippen MR) is 66.0 cm³/mol. The van der Waals surface area contributed by atoms with Gasteiger partial charge in [-0.25, -0.2) is 0 Å². The monoisotopic (exact) mass is 244 g/mol. The second-order valence-corrected chi connectivity index (χ2v) is 4.29. The maximum absolute atomic E-state index is 11.5. The summed E-state index contributed by atoms with van der Waals surface area (Å²) in [6.45, 7) is 3.41. The summed E-state index contributed by atoms with van der Waals surface area (Å²) in [4.78, 5) is 11.5. The molecule has 1 rings (SSSR count). The number of rotatable bonds is 9. The van der Waals surface area contributed by atoms with E-state index in [-0.39, 0.29) is 5.91 Å². The number of methoxy groups -OCH3 is 1. The van der Waals surface area contributed by atoms with Crippen LogP contribution in [0.4, 0.5) is 0 Å². The fourth-order valence-electron chi connectivity index (χ4n) is 1.90. The molecule has 0 aliphatic carbocycles. The number of nitrogens with one attached hydrogen (secondary N) is 2. The van der Waals surface area contributed by atoms with E-state index in [4.69, 9.17) is 9.47 Å². The number of ether oxygens (including phenoxy) is 2. The van der Waals surface area contributed by atoms with Crippen LogP contribution in [0.25, 0.3) is 0 Å². The third-order valence-electron chi connectivity index (χ3n) is 2.88. The first-order valence-electron chi connectivity index (χ1n) is 6.39. The maximum atomic E-state index is 11.5. The van der Waals surface area contributed by atoms with Crippen LogP contribution in [-0.4, -0.2) is 52.0 Å². The van der Waals surface area contributed by atoms with E-state index in [9.17, 15) is 4.79 Å². The maximum Gasteiger partial charge on any atom is 0.220 e. The molecule has 1 aliphatic heterocycles. The lowest BCUT2D eigenvalue weighted by Crippen LogP contribution is -2.29. The predicted octanol–water partition coefficient (Wildman–Crippen LogP) is 0.298. The molecule has 1 saturated heterocycles. The molecule has 1 fully saturated rings. The minimum atomic E-state index is 0.119. The van der Waals surface area contributed by atoms with Gasteiger partial charge in [-0.15, -0.1) is 0 Å². The van der Waals surface area contributed by atoms with Gasteiger partial charge < -0.3 is 20.1 Å². The summed E-state index contributed by atoms with van der Waals surface area (Å²) in [7, 11) is 1.64. The highest BCUT2D eigenvalue weighted by molar-refractivity contribution is 5.75. The van der Waals surface area contributed by atoms with Crippen LogP contribution >= 0.6 is 0 Å². The Morgan fingerprint density at radius 3 is 3.00 bits per heavy atom. The Morgan fingerprint density at radius 1 is 1.41 bits per heavy atom. The number of carbonyl (C=O) groups excluding carboxylic acids is 1. The molecule has 1 amide bonds. The molecular formula is C12H24N2O3. The smallest absolute Gasteiger partial charge is 0.220 e. The number of hydrogen-bond donors (Lipinski definition) is 2. The zero-order valence-corrected chi connectivity index (χ0v) is 10.7. The van der Waals surface area contributed by atoms with Crippen LogP contribution in [0.1, 0.15) is 25.7 Å². The highest BCUT2D eigenvalue weighted by Gasteiger charge is 2.14. The highest BCUT2D eigenvalue weighted by atomic mass is 16.5. The summed E-state index contributed by atoms with van der Waals surface area (Å²) >= 11 is 0. The first-order valence-corrected chi connectivity index (χ1v) is 6.39. The molecule has 0 aromatic heterocycles. The molecule has 0 aromatic carbocycles. The molecule has 5 heteroatoms. The fraction of sp³-hybridized carbons (Fsp3) is 0.917. The van der Waals surface area contributed by atoms with Crippen molar-refractivity contribution in [2.45, 2.75) is 31.7 Å². The first kappa shape index (κ1) is 14.4. The van der Waals surface area contributed by atoms with Gasteiger partial charge in [0.1, 0.15) is 0 Å². The van der Waals surface area contributed by atoms with Crippen molar-refractivity contribution in [2.75, 3.05) is 40.0 Å². The zero-order valence-electron chi connectivity index (χ0n) is 10.7. The molecule has 1 heterocycles. The molecule has 17 heavy (non-hydrogen) atoms. The lowest BCUT2D eigenvalue weighted by atomic mass is 10.1. The van der Waals surface area contributed by atoms with E-state index >= 15 is 0 Å². The first-order chi connectivity index (χ1) is 8.33. The standard InChI is InChI=1S/C12H24N2O3/c1-16-9-10-17-8-7-14-12(15)5-4-11-3-2-6-13-11/h11,13H,2-10H2,1H3,(H,14,15). The average Bonchev–Trinajstić information content (AvgIpc) is 2.84. The molecule has 1 aliphatic rings. The Kier molecular flexibility index (Phi) is 7.96. The van der Waals surface area contributed by atoms with Gasteiger partial charge in [0, 0.05) is 26.1 Å². The number of hydrogen-bond acceptors (Lipinski definition) is 4. The van der Waals surface area contributed by atoms with Gasteiger partial charge in [-0.3, -0.25) is 4.79 Å². The summed E-state index contributed by atoms with van der Waals surface area (Å²) in [5.74, 6) is 0.119. The molecule has 0 aromatic rings. The number of amides is 1. The Hall–Kier alpha value is -0.650. The molecule has 5 nitrogen and oxygen atoms in total. The van der Waals surface area contributed by atoms with Crippen molar-refractivity contribution < 1.29 is 14.3 Å². The van der Waals surface area contributed by atoms with Crippen LogP contribution in [0, 0.1) is 0 Å². The molecule has 0 saturated carbocycles.